The summed E-state index contributed by atoms with van der Waals surface area (Å²) in [6.07, 6.45) is 1.65. The zero-order valence-electron chi connectivity index (χ0n) is 10.5. The third-order valence-corrected chi connectivity index (χ3v) is 2.60. The van der Waals surface area contributed by atoms with Crippen LogP contribution in [0.5, 0.6) is 5.75 Å². The van der Waals surface area contributed by atoms with Crippen molar-refractivity contribution < 1.29 is 18.3 Å². The van der Waals surface area contributed by atoms with Crippen molar-refractivity contribution in [2.45, 2.75) is 32.7 Å². The molecule has 0 heterocycles. The van der Waals surface area contributed by atoms with Gasteiger partial charge in [-0.3, -0.25) is 4.79 Å². The Morgan fingerprint density at radius 3 is 2.56 bits per heavy atom. The number of carbonyl (C=O) groups excluding carboxylic acids is 1. The molecule has 0 radical (unpaired) electrons. The molecule has 3 nitrogen and oxygen atoms in total. The van der Waals surface area contributed by atoms with E-state index in [2.05, 4.69) is 5.32 Å². The lowest BCUT2D eigenvalue weighted by Gasteiger charge is -2.15. The Hall–Kier alpha value is -1.65. The van der Waals surface area contributed by atoms with Gasteiger partial charge in [0.25, 0.3) is 5.91 Å². The predicted molar refractivity (Wildman–Crippen MR) is 64.4 cm³/mol. The second-order valence-corrected chi connectivity index (χ2v) is 3.94. The SMILES string of the molecule is CCC(CC)NC(=O)COc1ccc(F)cc1F. The summed E-state index contributed by atoms with van der Waals surface area (Å²) in [6.45, 7) is 3.66. The highest BCUT2D eigenvalue weighted by Gasteiger charge is 2.10. The van der Waals surface area contributed by atoms with Crippen molar-refractivity contribution in [2.75, 3.05) is 6.61 Å². The van der Waals surface area contributed by atoms with Gasteiger partial charge in [0.05, 0.1) is 0 Å². The molecule has 0 saturated carbocycles. The lowest BCUT2D eigenvalue weighted by atomic mass is 10.2. The van der Waals surface area contributed by atoms with Gasteiger partial charge in [0.2, 0.25) is 0 Å². The van der Waals surface area contributed by atoms with E-state index in [0.29, 0.717) is 6.07 Å². The molecular weight excluding hydrogens is 240 g/mol. The Kier molecular flexibility index (Phi) is 5.55. The first-order valence-electron chi connectivity index (χ1n) is 5.94. The third kappa shape index (κ3) is 4.31. The zero-order chi connectivity index (χ0) is 13.5. The Bertz CT molecular complexity index is 406. The first kappa shape index (κ1) is 14.4. The van der Waals surface area contributed by atoms with Crippen molar-refractivity contribution in [3.05, 3.63) is 29.8 Å². The molecular formula is C13H17F2NO2. The fraction of sp³-hybridized carbons (Fsp3) is 0.462. The van der Waals surface area contributed by atoms with E-state index < -0.39 is 11.6 Å². The van der Waals surface area contributed by atoms with E-state index in [9.17, 15) is 13.6 Å². The molecule has 100 valence electrons. The van der Waals surface area contributed by atoms with Crippen LogP contribution in [0.1, 0.15) is 26.7 Å². The van der Waals surface area contributed by atoms with Crippen LogP contribution in [0.3, 0.4) is 0 Å². The number of carbonyl (C=O) groups is 1. The van der Waals surface area contributed by atoms with Gasteiger partial charge in [-0.15, -0.1) is 0 Å². The highest BCUT2D eigenvalue weighted by molar-refractivity contribution is 5.77. The number of rotatable bonds is 6. The molecule has 0 aliphatic heterocycles. The molecule has 0 atom stereocenters. The number of halogens is 2. The van der Waals surface area contributed by atoms with Crippen molar-refractivity contribution in [1.82, 2.24) is 5.32 Å². The van der Waals surface area contributed by atoms with E-state index in [1.807, 2.05) is 13.8 Å². The maximum atomic E-state index is 13.2. The molecule has 0 aliphatic carbocycles. The lowest BCUT2D eigenvalue weighted by molar-refractivity contribution is -0.123. The first-order valence-corrected chi connectivity index (χ1v) is 5.94. The molecule has 0 bridgehead atoms. The van der Waals surface area contributed by atoms with E-state index in [4.69, 9.17) is 4.74 Å². The van der Waals surface area contributed by atoms with Crippen molar-refractivity contribution >= 4 is 5.91 Å². The molecule has 1 N–H and O–H groups in total. The van der Waals surface area contributed by atoms with Crippen LogP contribution in [0, 0.1) is 11.6 Å². The van der Waals surface area contributed by atoms with Crippen molar-refractivity contribution in [2.24, 2.45) is 0 Å². The smallest absolute Gasteiger partial charge is 0.258 e. The fourth-order valence-corrected chi connectivity index (χ4v) is 1.50. The molecule has 0 unspecified atom stereocenters. The van der Waals surface area contributed by atoms with Crippen LogP contribution in [0.15, 0.2) is 18.2 Å². The highest BCUT2D eigenvalue weighted by atomic mass is 19.1. The lowest BCUT2D eigenvalue weighted by Crippen LogP contribution is -2.37. The summed E-state index contributed by atoms with van der Waals surface area (Å²) >= 11 is 0. The molecule has 18 heavy (non-hydrogen) atoms. The Morgan fingerprint density at radius 1 is 1.33 bits per heavy atom. The number of amides is 1. The van der Waals surface area contributed by atoms with Crippen molar-refractivity contribution in [3.8, 4) is 5.75 Å². The monoisotopic (exact) mass is 257 g/mol. The van der Waals surface area contributed by atoms with Crippen LogP contribution >= 0.6 is 0 Å². The molecule has 1 rings (SSSR count). The Labute approximate surface area is 105 Å². The maximum absolute atomic E-state index is 13.2. The predicted octanol–water partition coefficient (Wildman–Crippen LogP) is 2.65. The van der Waals surface area contributed by atoms with E-state index in [1.54, 1.807) is 0 Å². The van der Waals surface area contributed by atoms with E-state index in [0.717, 1.165) is 25.0 Å². The quantitative estimate of drug-likeness (QED) is 0.850. The normalized spacial score (nSPS) is 10.5. The molecule has 0 saturated heterocycles. The van der Waals surface area contributed by atoms with Crippen LogP contribution in [0.25, 0.3) is 0 Å². The second-order valence-electron chi connectivity index (χ2n) is 3.94. The highest BCUT2D eigenvalue weighted by Crippen LogP contribution is 2.17. The molecule has 0 fully saturated rings. The van der Waals surface area contributed by atoms with Crippen LogP contribution in [-0.4, -0.2) is 18.6 Å². The largest absolute Gasteiger partial charge is 0.481 e. The summed E-state index contributed by atoms with van der Waals surface area (Å²) in [5.41, 5.74) is 0. The summed E-state index contributed by atoms with van der Waals surface area (Å²) in [5, 5.41) is 2.76. The average Bonchev–Trinajstić information content (AvgIpc) is 2.35. The number of ether oxygens (including phenoxy) is 1. The third-order valence-electron chi connectivity index (χ3n) is 2.60. The van der Waals surface area contributed by atoms with Gasteiger partial charge >= 0.3 is 0 Å². The topological polar surface area (TPSA) is 38.3 Å². The average molecular weight is 257 g/mol. The number of hydrogen-bond donors (Lipinski definition) is 1. The van der Waals surface area contributed by atoms with Crippen molar-refractivity contribution in [3.63, 3.8) is 0 Å². The number of nitrogens with one attached hydrogen (secondary N) is 1. The minimum absolute atomic E-state index is 0.0964. The van der Waals surface area contributed by atoms with Crippen LogP contribution in [-0.2, 0) is 4.79 Å². The van der Waals surface area contributed by atoms with Crippen LogP contribution in [0.2, 0.25) is 0 Å². The van der Waals surface area contributed by atoms with Gasteiger partial charge in [-0.25, -0.2) is 8.78 Å². The standard InChI is InChI=1S/C13H17F2NO2/c1-3-10(4-2)16-13(17)8-18-12-6-5-9(14)7-11(12)15/h5-7,10H,3-4,8H2,1-2H3,(H,16,17). The van der Waals surface area contributed by atoms with E-state index in [-0.39, 0.29) is 24.3 Å². The summed E-state index contributed by atoms with van der Waals surface area (Å²) in [5.74, 6) is -1.94. The molecule has 1 amide bonds. The van der Waals surface area contributed by atoms with E-state index >= 15 is 0 Å². The Morgan fingerprint density at radius 2 is 2.00 bits per heavy atom. The molecule has 5 heteroatoms. The summed E-state index contributed by atoms with van der Waals surface area (Å²) in [7, 11) is 0. The van der Waals surface area contributed by atoms with Gasteiger partial charge in [0, 0.05) is 12.1 Å². The minimum atomic E-state index is -0.815. The number of benzene rings is 1. The summed E-state index contributed by atoms with van der Waals surface area (Å²) in [6, 6.07) is 3.06. The van der Waals surface area contributed by atoms with Gasteiger partial charge < -0.3 is 10.1 Å². The fourth-order valence-electron chi connectivity index (χ4n) is 1.50. The summed E-state index contributed by atoms with van der Waals surface area (Å²) in [4.78, 5) is 11.5. The number of hydrogen-bond acceptors (Lipinski definition) is 2. The molecule has 0 spiro atoms. The van der Waals surface area contributed by atoms with Gasteiger partial charge in [-0.2, -0.15) is 0 Å². The molecule has 1 aromatic rings. The minimum Gasteiger partial charge on any atom is -0.481 e. The van der Waals surface area contributed by atoms with Gasteiger partial charge in [-0.1, -0.05) is 13.8 Å². The first-order chi connectivity index (χ1) is 8.56. The van der Waals surface area contributed by atoms with Gasteiger partial charge in [0.15, 0.2) is 18.2 Å². The van der Waals surface area contributed by atoms with E-state index in [1.165, 1.54) is 0 Å². The summed E-state index contributed by atoms with van der Waals surface area (Å²) < 4.78 is 30.8. The van der Waals surface area contributed by atoms with Crippen molar-refractivity contribution in [1.29, 1.82) is 0 Å². The molecule has 0 aromatic heterocycles. The van der Waals surface area contributed by atoms with Crippen LogP contribution in [0.4, 0.5) is 8.78 Å². The molecule has 1 aromatic carbocycles. The van der Waals surface area contributed by atoms with Gasteiger partial charge in [-0.05, 0) is 25.0 Å². The zero-order valence-corrected chi connectivity index (χ0v) is 10.5. The maximum Gasteiger partial charge on any atom is 0.258 e. The van der Waals surface area contributed by atoms with Crippen LogP contribution < -0.4 is 10.1 Å². The second kappa shape index (κ2) is 6.93. The van der Waals surface area contributed by atoms with Gasteiger partial charge in [0.1, 0.15) is 5.82 Å². The molecule has 0 aliphatic rings. The Balaban J connectivity index is 2.47.